The minimum absolute atomic E-state index is 0.251. The largest absolute Gasteiger partial charge is 0.505 e. The molecule has 0 aliphatic rings. The number of hydrogen-bond acceptors (Lipinski definition) is 4. The van der Waals surface area contributed by atoms with Gasteiger partial charge in [0.25, 0.3) is 5.56 Å². The Morgan fingerprint density at radius 1 is 1.10 bits per heavy atom. The lowest BCUT2D eigenvalue weighted by molar-refractivity contribution is -0.136. The first-order valence-corrected chi connectivity index (χ1v) is 9.33. The van der Waals surface area contributed by atoms with E-state index in [9.17, 15) is 23.9 Å². The SMILES string of the molecule is Cn1ccc(O)c(N(C(=O)NCCC(=O)O)c2cc(-c3ccccc3)ccc2F)c1=O. The molecule has 2 amide bonds. The number of nitrogens with zero attached hydrogens (tertiary/aromatic N) is 2. The summed E-state index contributed by atoms with van der Waals surface area (Å²) in [5.74, 6) is -2.47. The van der Waals surface area contributed by atoms with Crippen LogP contribution in [0.1, 0.15) is 6.42 Å². The van der Waals surface area contributed by atoms with Crippen molar-refractivity contribution in [2.45, 2.75) is 6.42 Å². The van der Waals surface area contributed by atoms with Crippen molar-refractivity contribution in [2.24, 2.45) is 7.05 Å². The number of nitrogens with one attached hydrogen (secondary N) is 1. The third-order valence-electron chi connectivity index (χ3n) is 4.56. The first-order valence-electron chi connectivity index (χ1n) is 9.33. The Morgan fingerprint density at radius 3 is 2.48 bits per heavy atom. The Labute approximate surface area is 176 Å². The zero-order valence-electron chi connectivity index (χ0n) is 16.6. The van der Waals surface area contributed by atoms with Crippen molar-refractivity contribution in [1.82, 2.24) is 9.88 Å². The van der Waals surface area contributed by atoms with Crippen LogP contribution in [0, 0.1) is 5.82 Å². The molecule has 0 saturated carbocycles. The molecule has 0 fully saturated rings. The number of aryl methyl sites for hydroxylation is 1. The van der Waals surface area contributed by atoms with Gasteiger partial charge in [-0.25, -0.2) is 9.18 Å². The van der Waals surface area contributed by atoms with Crippen molar-refractivity contribution >= 4 is 23.4 Å². The Balaban J connectivity index is 2.15. The molecule has 9 heteroatoms. The monoisotopic (exact) mass is 425 g/mol. The van der Waals surface area contributed by atoms with Crippen LogP contribution in [0.5, 0.6) is 5.75 Å². The number of carbonyl (C=O) groups excluding carboxylic acids is 1. The first-order chi connectivity index (χ1) is 14.8. The van der Waals surface area contributed by atoms with Crippen molar-refractivity contribution in [2.75, 3.05) is 11.4 Å². The molecule has 1 aromatic heterocycles. The number of pyridine rings is 1. The number of aromatic nitrogens is 1. The van der Waals surface area contributed by atoms with E-state index in [1.54, 1.807) is 24.3 Å². The van der Waals surface area contributed by atoms with Gasteiger partial charge in [-0.05, 0) is 29.3 Å². The minimum atomic E-state index is -1.14. The molecule has 3 rings (SSSR count). The average Bonchev–Trinajstić information content (AvgIpc) is 2.75. The fourth-order valence-electron chi connectivity index (χ4n) is 3.00. The summed E-state index contributed by atoms with van der Waals surface area (Å²) in [4.78, 5) is 37.2. The first kappa shape index (κ1) is 21.6. The zero-order valence-corrected chi connectivity index (χ0v) is 16.6. The Kier molecular flexibility index (Phi) is 6.35. The summed E-state index contributed by atoms with van der Waals surface area (Å²) in [6, 6.07) is 13.3. The van der Waals surface area contributed by atoms with Gasteiger partial charge in [-0.15, -0.1) is 0 Å². The molecule has 2 aromatic carbocycles. The second-order valence-electron chi connectivity index (χ2n) is 6.71. The molecule has 0 saturated heterocycles. The second kappa shape index (κ2) is 9.12. The molecule has 0 bridgehead atoms. The summed E-state index contributed by atoms with van der Waals surface area (Å²) in [5.41, 5.74) is -0.139. The summed E-state index contributed by atoms with van der Waals surface area (Å²) < 4.78 is 16.0. The van der Waals surface area contributed by atoms with E-state index in [1.807, 2.05) is 6.07 Å². The number of rotatable bonds is 6. The van der Waals surface area contributed by atoms with Crippen LogP contribution in [0.25, 0.3) is 11.1 Å². The normalized spacial score (nSPS) is 10.5. The molecule has 0 radical (unpaired) electrons. The molecule has 3 N–H and O–H groups in total. The molecule has 0 aliphatic carbocycles. The maximum absolute atomic E-state index is 14.9. The highest BCUT2D eigenvalue weighted by atomic mass is 19.1. The van der Waals surface area contributed by atoms with Gasteiger partial charge < -0.3 is 20.1 Å². The minimum Gasteiger partial charge on any atom is -0.505 e. The van der Waals surface area contributed by atoms with Crippen LogP contribution in [0.4, 0.5) is 20.6 Å². The molecule has 8 nitrogen and oxygen atoms in total. The van der Waals surface area contributed by atoms with E-state index in [1.165, 1.54) is 31.4 Å². The van der Waals surface area contributed by atoms with E-state index in [-0.39, 0.29) is 18.7 Å². The van der Waals surface area contributed by atoms with E-state index in [0.717, 1.165) is 21.1 Å². The van der Waals surface area contributed by atoms with E-state index in [2.05, 4.69) is 5.32 Å². The smallest absolute Gasteiger partial charge is 0.326 e. The van der Waals surface area contributed by atoms with Crippen LogP contribution in [0.2, 0.25) is 0 Å². The van der Waals surface area contributed by atoms with Gasteiger partial charge in [0.15, 0.2) is 5.69 Å². The maximum Gasteiger partial charge on any atom is 0.326 e. The van der Waals surface area contributed by atoms with Gasteiger partial charge >= 0.3 is 12.0 Å². The van der Waals surface area contributed by atoms with Crippen LogP contribution in [-0.4, -0.2) is 33.3 Å². The summed E-state index contributed by atoms with van der Waals surface area (Å²) >= 11 is 0. The van der Waals surface area contributed by atoms with Crippen LogP contribution < -0.4 is 15.8 Å². The van der Waals surface area contributed by atoms with Crippen LogP contribution in [-0.2, 0) is 11.8 Å². The highest BCUT2D eigenvalue weighted by Gasteiger charge is 2.27. The number of benzene rings is 2. The van der Waals surface area contributed by atoms with Gasteiger partial charge in [-0.2, -0.15) is 0 Å². The van der Waals surface area contributed by atoms with Crippen LogP contribution >= 0.6 is 0 Å². The number of urea groups is 1. The van der Waals surface area contributed by atoms with Crippen molar-refractivity contribution < 1.29 is 24.2 Å². The van der Waals surface area contributed by atoms with E-state index < -0.39 is 34.8 Å². The van der Waals surface area contributed by atoms with Gasteiger partial charge in [0.05, 0.1) is 12.1 Å². The number of carboxylic acid groups (broad SMARTS) is 1. The molecule has 3 aromatic rings. The third-order valence-corrected chi connectivity index (χ3v) is 4.56. The van der Waals surface area contributed by atoms with Crippen molar-refractivity contribution in [3.63, 3.8) is 0 Å². The molecular weight excluding hydrogens is 405 g/mol. The lowest BCUT2D eigenvalue weighted by Gasteiger charge is -2.24. The van der Waals surface area contributed by atoms with Gasteiger partial charge in [0.1, 0.15) is 11.6 Å². The molecule has 31 heavy (non-hydrogen) atoms. The zero-order chi connectivity index (χ0) is 22.5. The van der Waals surface area contributed by atoms with Crippen molar-refractivity contribution in [3.05, 3.63) is 77.0 Å². The summed E-state index contributed by atoms with van der Waals surface area (Å²) in [5, 5.41) is 21.5. The summed E-state index contributed by atoms with van der Waals surface area (Å²) in [6.07, 6.45) is 0.934. The fourth-order valence-corrected chi connectivity index (χ4v) is 3.00. The van der Waals surface area contributed by atoms with E-state index in [4.69, 9.17) is 5.11 Å². The number of carbonyl (C=O) groups is 2. The Morgan fingerprint density at radius 2 is 1.81 bits per heavy atom. The lowest BCUT2D eigenvalue weighted by atomic mass is 10.0. The predicted molar refractivity (Wildman–Crippen MR) is 113 cm³/mol. The molecule has 0 unspecified atom stereocenters. The number of aromatic hydroxyl groups is 1. The average molecular weight is 425 g/mol. The van der Waals surface area contributed by atoms with Crippen LogP contribution in [0.3, 0.4) is 0 Å². The topological polar surface area (TPSA) is 112 Å². The van der Waals surface area contributed by atoms with E-state index >= 15 is 0 Å². The number of halogens is 1. The van der Waals surface area contributed by atoms with Gasteiger partial charge in [0, 0.05) is 19.8 Å². The predicted octanol–water partition coefficient (Wildman–Crippen LogP) is 3.22. The van der Waals surface area contributed by atoms with Gasteiger partial charge in [-0.3, -0.25) is 14.5 Å². The summed E-state index contributed by atoms with van der Waals surface area (Å²) in [6.45, 7) is -0.251. The number of amides is 2. The Bertz CT molecular complexity index is 1180. The number of anilines is 2. The van der Waals surface area contributed by atoms with Gasteiger partial charge in [0.2, 0.25) is 0 Å². The maximum atomic E-state index is 14.9. The lowest BCUT2D eigenvalue weighted by Crippen LogP contribution is -2.41. The molecule has 0 spiro atoms. The molecule has 0 aliphatic heterocycles. The molecule has 1 heterocycles. The molecule has 160 valence electrons. The quantitative estimate of drug-likeness (QED) is 0.562. The second-order valence-corrected chi connectivity index (χ2v) is 6.71. The highest BCUT2D eigenvalue weighted by molar-refractivity contribution is 6.01. The van der Waals surface area contributed by atoms with Gasteiger partial charge in [-0.1, -0.05) is 36.4 Å². The fraction of sp³-hybridized carbons (Fsp3) is 0.136. The summed E-state index contributed by atoms with van der Waals surface area (Å²) in [7, 11) is 1.42. The van der Waals surface area contributed by atoms with Crippen molar-refractivity contribution in [1.29, 1.82) is 0 Å². The number of hydrogen-bond donors (Lipinski definition) is 3. The van der Waals surface area contributed by atoms with Crippen molar-refractivity contribution in [3.8, 4) is 16.9 Å². The standard InChI is InChI=1S/C22H20FN3O5/c1-25-12-10-18(27)20(21(25)30)26(22(31)24-11-9-19(28)29)17-13-15(7-8-16(17)23)14-5-3-2-4-6-14/h2-8,10,12-13,27H,9,11H2,1H3,(H,24,31)(H,28,29). The number of aliphatic carboxylic acids is 1. The number of carboxylic acids is 1. The highest BCUT2D eigenvalue weighted by Crippen LogP contribution is 2.34. The third kappa shape index (κ3) is 4.72. The van der Waals surface area contributed by atoms with E-state index in [0.29, 0.717) is 5.56 Å². The van der Waals surface area contributed by atoms with Crippen LogP contribution in [0.15, 0.2) is 65.6 Å². The molecule has 0 atom stereocenters. The Hall–Kier alpha value is -4.14. The molecular formula is C22H20FN3O5.